The Bertz CT molecular complexity index is 612. The van der Waals surface area contributed by atoms with Gasteiger partial charge in [-0.15, -0.1) is 0 Å². The summed E-state index contributed by atoms with van der Waals surface area (Å²) in [7, 11) is 0. The fourth-order valence-corrected chi connectivity index (χ4v) is 2.81. The van der Waals surface area contributed by atoms with Gasteiger partial charge in [-0.3, -0.25) is 10.1 Å². The Morgan fingerprint density at radius 1 is 1.20 bits per heavy atom. The molecule has 0 aliphatic carbocycles. The van der Waals surface area contributed by atoms with Gasteiger partial charge in [0.15, 0.2) is 0 Å². The number of para-hydroxylation sites is 1. The summed E-state index contributed by atoms with van der Waals surface area (Å²) in [6, 6.07) is 13.3. The standard InChI is InChI=1S/C15H16N2O2S/c1-3-16-13-5-4-6-14(15(13)17(18)19)20-12-9-7-11(2)8-10-12/h4-10,16H,3H2,1-2H3. The van der Waals surface area contributed by atoms with Crippen LogP contribution in [0, 0.1) is 17.0 Å². The van der Waals surface area contributed by atoms with E-state index >= 15 is 0 Å². The summed E-state index contributed by atoms with van der Waals surface area (Å²) in [5.74, 6) is 0. The third-order valence-electron chi connectivity index (χ3n) is 2.80. The Balaban J connectivity index is 2.37. The van der Waals surface area contributed by atoms with Crippen LogP contribution in [0.5, 0.6) is 0 Å². The number of nitrogens with one attached hydrogen (secondary N) is 1. The zero-order valence-electron chi connectivity index (χ0n) is 11.4. The molecule has 104 valence electrons. The average Bonchev–Trinajstić information content (AvgIpc) is 2.41. The largest absolute Gasteiger partial charge is 0.380 e. The summed E-state index contributed by atoms with van der Waals surface area (Å²) < 4.78 is 0. The van der Waals surface area contributed by atoms with Crippen molar-refractivity contribution in [3.8, 4) is 0 Å². The Kier molecular flexibility index (Phi) is 4.63. The second-order valence-corrected chi connectivity index (χ2v) is 5.47. The highest BCUT2D eigenvalue weighted by molar-refractivity contribution is 7.99. The molecule has 1 N–H and O–H groups in total. The quantitative estimate of drug-likeness (QED) is 0.650. The number of rotatable bonds is 5. The normalized spacial score (nSPS) is 10.3. The van der Waals surface area contributed by atoms with Crippen molar-refractivity contribution in [2.24, 2.45) is 0 Å². The molecule has 0 bridgehead atoms. The second kappa shape index (κ2) is 6.43. The van der Waals surface area contributed by atoms with Gasteiger partial charge in [-0.25, -0.2) is 0 Å². The van der Waals surface area contributed by atoms with Gasteiger partial charge < -0.3 is 5.32 Å². The van der Waals surface area contributed by atoms with Crippen molar-refractivity contribution in [2.75, 3.05) is 11.9 Å². The van der Waals surface area contributed by atoms with Gasteiger partial charge in [0, 0.05) is 11.4 Å². The van der Waals surface area contributed by atoms with Crippen LogP contribution in [0.1, 0.15) is 12.5 Å². The van der Waals surface area contributed by atoms with Crippen LogP contribution in [-0.2, 0) is 0 Å². The van der Waals surface area contributed by atoms with E-state index < -0.39 is 0 Å². The summed E-state index contributed by atoms with van der Waals surface area (Å²) in [5, 5.41) is 14.4. The van der Waals surface area contributed by atoms with Crippen molar-refractivity contribution in [3.63, 3.8) is 0 Å². The molecule has 20 heavy (non-hydrogen) atoms. The maximum atomic E-state index is 11.3. The van der Waals surface area contributed by atoms with Crippen LogP contribution in [0.4, 0.5) is 11.4 Å². The molecule has 0 unspecified atom stereocenters. The topological polar surface area (TPSA) is 55.2 Å². The zero-order chi connectivity index (χ0) is 14.5. The van der Waals surface area contributed by atoms with Crippen LogP contribution < -0.4 is 5.32 Å². The first-order valence-corrected chi connectivity index (χ1v) is 7.19. The van der Waals surface area contributed by atoms with Crippen molar-refractivity contribution in [3.05, 3.63) is 58.1 Å². The molecule has 0 spiro atoms. The first kappa shape index (κ1) is 14.4. The highest BCUT2D eigenvalue weighted by Gasteiger charge is 2.19. The summed E-state index contributed by atoms with van der Waals surface area (Å²) in [6.07, 6.45) is 0. The molecule has 0 aromatic heterocycles. The average molecular weight is 288 g/mol. The number of benzene rings is 2. The SMILES string of the molecule is CCNc1cccc(Sc2ccc(C)cc2)c1[N+](=O)[O-]. The molecule has 0 saturated carbocycles. The van der Waals surface area contributed by atoms with E-state index in [-0.39, 0.29) is 10.6 Å². The lowest BCUT2D eigenvalue weighted by molar-refractivity contribution is -0.386. The van der Waals surface area contributed by atoms with Crippen molar-refractivity contribution >= 4 is 23.1 Å². The summed E-state index contributed by atoms with van der Waals surface area (Å²) in [6.45, 7) is 4.59. The molecule has 0 amide bonds. The van der Waals surface area contributed by atoms with Crippen molar-refractivity contribution < 1.29 is 4.92 Å². The molecule has 0 aliphatic rings. The van der Waals surface area contributed by atoms with Gasteiger partial charge in [-0.1, -0.05) is 35.5 Å². The van der Waals surface area contributed by atoms with Crippen LogP contribution in [0.3, 0.4) is 0 Å². The van der Waals surface area contributed by atoms with Crippen LogP contribution >= 0.6 is 11.8 Å². The van der Waals surface area contributed by atoms with Gasteiger partial charge >= 0.3 is 5.69 Å². The van der Waals surface area contributed by atoms with E-state index in [4.69, 9.17) is 0 Å². The summed E-state index contributed by atoms with van der Waals surface area (Å²) >= 11 is 1.41. The minimum absolute atomic E-state index is 0.139. The summed E-state index contributed by atoms with van der Waals surface area (Å²) in [5.41, 5.74) is 1.87. The molecular weight excluding hydrogens is 272 g/mol. The molecular formula is C15H16N2O2S. The molecule has 4 nitrogen and oxygen atoms in total. The molecule has 0 heterocycles. The Morgan fingerprint density at radius 2 is 1.90 bits per heavy atom. The van der Waals surface area contributed by atoms with E-state index in [1.165, 1.54) is 17.3 Å². The van der Waals surface area contributed by atoms with E-state index in [2.05, 4.69) is 5.32 Å². The lowest BCUT2D eigenvalue weighted by Crippen LogP contribution is -2.02. The fraction of sp³-hybridized carbons (Fsp3) is 0.200. The van der Waals surface area contributed by atoms with Gasteiger partial charge in [0.2, 0.25) is 0 Å². The first-order valence-electron chi connectivity index (χ1n) is 6.37. The molecule has 2 aromatic rings. The predicted molar refractivity (Wildman–Crippen MR) is 82.6 cm³/mol. The van der Waals surface area contributed by atoms with E-state index in [1.807, 2.05) is 44.2 Å². The minimum Gasteiger partial charge on any atom is -0.380 e. The predicted octanol–water partition coefficient (Wildman–Crippen LogP) is 4.49. The third kappa shape index (κ3) is 3.30. The van der Waals surface area contributed by atoms with Crippen LogP contribution in [0.25, 0.3) is 0 Å². The Hall–Kier alpha value is -2.01. The minimum atomic E-state index is -0.325. The monoisotopic (exact) mass is 288 g/mol. The molecule has 2 aromatic carbocycles. The second-order valence-electron chi connectivity index (χ2n) is 4.35. The lowest BCUT2D eigenvalue weighted by atomic mass is 10.2. The summed E-state index contributed by atoms with van der Waals surface area (Å²) in [4.78, 5) is 12.6. The Labute approximate surface area is 122 Å². The zero-order valence-corrected chi connectivity index (χ0v) is 12.2. The molecule has 5 heteroatoms. The maximum absolute atomic E-state index is 11.3. The molecule has 0 fully saturated rings. The van der Waals surface area contributed by atoms with Crippen LogP contribution in [0.2, 0.25) is 0 Å². The number of anilines is 1. The number of hydrogen-bond donors (Lipinski definition) is 1. The third-order valence-corrected chi connectivity index (χ3v) is 3.85. The lowest BCUT2D eigenvalue weighted by Gasteiger charge is -2.08. The smallest absolute Gasteiger partial charge is 0.306 e. The van der Waals surface area contributed by atoms with Crippen molar-refractivity contribution in [2.45, 2.75) is 23.6 Å². The van der Waals surface area contributed by atoms with E-state index in [1.54, 1.807) is 12.1 Å². The Morgan fingerprint density at radius 3 is 2.50 bits per heavy atom. The molecule has 0 saturated heterocycles. The number of aryl methyl sites for hydroxylation is 1. The highest BCUT2D eigenvalue weighted by Crippen LogP contribution is 2.39. The maximum Gasteiger partial charge on any atom is 0.306 e. The molecule has 0 aliphatic heterocycles. The van der Waals surface area contributed by atoms with E-state index in [0.717, 1.165) is 4.90 Å². The number of hydrogen-bond acceptors (Lipinski definition) is 4. The van der Waals surface area contributed by atoms with E-state index in [9.17, 15) is 10.1 Å². The van der Waals surface area contributed by atoms with Gasteiger partial charge in [0.05, 0.1) is 9.82 Å². The van der Waals surface area contributed by atoms with Gasteiger partial charge in [0.25, 0.3) is 0 Å². The molecule has 0 radical (unpaired) electrons. The van der Waals surface area contributed by atoms with Crippen molar-refractivity contribution in [1.82, 2.24) is 0 Å². The number of nitrogens with zero attached hydrogens (tertiary/aromatic N) is 1. The number of nitro groups is 1. The molecule has 0 atom stereocenters. The van der Waals surface area contributed by atoms with E-state index in [0.29, 0.717) is 17.1 Å². The molecule has 2 rings (SSSR count). The number of nitro benzene ring substituents is 1. The highest BCUT2D eigenvalue weighted by atomic mass is 32.2. The fourth-order valence-electron chi connectivity index (χ4n) is 1.86. The van der Waals surface area contributed by atoms with Crippen LogP contribution in [-0.4, -0.2) is 11.5 Å². The van der Waals surface area contributed by atoms with Gasteiger partial charge in [0.1, 0.15) is 5.69 Å². The van der Waals surface area contributed by atoms with Gasteiger partial charge in [-0.05, 0) is 38.1 Å². The first-order chi connectivity index (χ1) is 9.61. The van der Waals surface area contributed by atoms with Crippen LogP contribution in [0.15, 0.2) is 52.3 Å². The van der Waals surface area contributed by atoms with Crippen molar-refractivity contribution in [1.29, 1.82) is 0 Å². The van der Waals surface area contributed by atoms with Gasteiger partial charge in [-0.2, -0.15) is 0 Å².